The van der Waals surface area contributed by atoms with E-state index in [1.165, 1.54) is 11.0 Å². The van der Waals surface area contributed by atoms with Crippen molar-refractivity contribution in [2.24, 2.45) is 0 Å². The predicted octanol–water partition coefficient (Wildman–Crippen LogP) is 4.63. The van der Waals surface area contributed by atoms with Crippen molar-refractivity contribution in [3.8, 4) is 0 Å². The van der Waals surface area contributed by atoms with Crippen molar-refractivity contribution in [1.82, 2.24) is 4.90 Å². The van der Waals surface area contributed by atoms with Crippen LogP contribution in [0, 0.1) is 18.6 Å². The highest BCUT2D eigenvalue weighted by atomic mass is 19.2. The van der Waals surface area contributed by atoms with Crippen molar-refractivity contribution in [3.05, 3.63) is 82.1 Å². The zero-order valence-corrected chi connectivity index (χ0v) is 16.7. The third-order valence-corrected chi connectivity index (χ3v) is 5.09. The number of hydrogen-bond donors (Lipinski definition) is 0. The maximum Gasteiger partial charge on any atom is 0.336 e. The number of benzene rings is 2. The number of halogens is 2. The van der Waals surface area contributed by atoms with Crippen LogP contribution < -0.4 is 0 Å². The normalized spacial score (nSPS) is 16.9. The molecule has 29 heavy (non-hydrogen) atoms. The highest BCUT2D eigenvalue weighted by molar-refractivity contribution is 5.95. The number of ether oxygens (including phenoxy) is 1. The average molecular weight is 399 g/mol. The van der Waals surface area contributed by atoms with Crippen molar-refractivity contribution in [2.45, 2.75) is 39.7 Å². The lowest BCUT2D eigenvalue weighted by atomic mass is 9.83. The Labute approximate surface area is 168 Å². The lowest BCUT2D eigenvalue weighted by Crippen LogP contribution is -2.38. The molecule has 1 aliphatic rings. The minimum absolute atomic E-state index is 0.0469. The van der Waals surface area contributed by atoms with Crippen molar-refractivity contribution in [1.29, 1.82) is 0 Å². The van der Waals surface area contributed by atoms with Crippen LogP contribution in [-0.2, 0) is 20.9 Å². The Hall–Kier alpha value is -3.02. The average Bonchev–Trinajstić information content (AvgIpc) is 2.67. The van der Waals surface area contributed by atoms with Crippen molar-refractivity contribution in [2.75, 3.05) is 6.61 Å². The summed E-state index contributed by atoms with van der Waals surface area (Å²) in [7, 11) is 0. The molecule has 4 nitrogen and oxygen atoms in total. The summed E-state index contributed by atoms with van der Waals surface area (Å²) in [5.74, 6) is -3.00. The quantitative estimate of drug-likeness (QED) is 0.689. The van der Waals surface area contributed by atoms with Gasteiger partial charge in [0.05, 0.1) is 18.7 Å². The zero-order chi connectivity index (χ0) is 21.1. The van der Waals surface area contributed by atoms with Crippen LogP contribution in [0.5, 0.6) is 0 Å². The number of carbonyl (C=O) groups excluding carboxylic acids is 2. The van der Waals surface area contributed by atoms with E-state index in [1.54, 1.807) is 13.8 Å². The molecule has 2 aromatic rings. The molecule has 3 rings (SSSR count). The molecule has 1 heterocycles. The molecule has 1 aliphatic heterocycles. The standard InChI is InChI=1S/C23H23F2NO3/c1-4-29-23(28)22-15(3)26(13-16-8-9-19(24)20(25)11-16)21(27)12-18(22)17-7-5-6-14(2)10-17/h5-11,18H,4,12-13H2,1-3H3. The molecular weight excluding hydrogens is 376 g/mol. The molecule has 0 aromatic heterocycles. The van der Waals surface area contributed by atoms with E-state index >= 15 is 0 Å². The molecule has 0 spiro atoms. The van der Waals surface area contributed by atoms with Crippen molar-refractivity contribution >= 4 is 11.9 Å². The fourth-order valence-electron chi connectivity index (χ4n) is 3.67. The van der Waals surface area contributed by atoms with Crippen LogP contribution in [0.15, 0.2) is 53.7 Å². The topological polar surface area (TPSA) is 46.6 Å². The highest BCUT2D eigenvalue weighted by Gasteiger charge is 2.36. The summed E-state index contributed by atoms with van der Waals surface area (Å²) in [4.78, 5) is 27.1. The Balaban J connectivity index is 2.03. The van der Waals surface area contributed by atoms with Crippen LogP contribution in [0.25, 0.3) is 0 Å². The number of aryl methyl sites for hydroxylation is 1. The summed E-state index contributed by atoms with van der Waals surface area (Å²) in [6, 6.07) is 11.2. The summed E-state index contributed by atoms with van der Waals surface area (Å²) in [5, 5.41) is 0. The molecule has 0 radical (unpaired) electrons. The number of hydrogen-bond acceptors (Lipinski definition) is 3. The van der Waals surface area contributed by atoms with Gasteiger partial charge in [0.2, 0.25) is 5.91 Å². The van der Waals surface area contributed by atoms with E-state index in [4.69, 9.17) is 4.74 Å². The molecule has 0 bridgehead atoms. The predicted molar refractivity (Wildman–Crippen MR) is 105 cm³/mol. The maximum absolute atomic E-state index is 13.6. The van der Waals surface area contributed by atoms with Crippen molar-refractivity contribution in [3.63, 3.8) is 0 Å². The van der Waals surface area contributed by atoms with Gasteiger partial charge in [0.15, 0.2) is 11.6 Å². The molecule has 0 saturated heterocycles. The Kier molecular flexibility index (Phi) is 6.11. The number of allylic oxidation sites excluding steroid dienone is 1. The lowest BCUT2D eigenvalue weighted by Gasteiger charge is -2.34. The van der Waals surface area contributed by atoms with Gasteiger partial charge in [-0.2, -0.15) is 0 Å². The third-order valence-electron chi connectivity index (χ3n) is 5.09. The largest absolute Gasteiger partial charge is 0.463 e. The molecule has 152 valence electrons. The first-order valence-corrected chi connectivity index (χ1v) is 9.50. The summed E-state index contributed by atoms with van der Waals surface area (Å²) in [6.45, 7) is 5.62. The van der Waals surface area contributed by atoms with Gasteiger partial charge in [-0.3, -0.25) is 4.79 Å². The van der Waals surface area contributed by atoms with Gasteiger partial charge in [-0.1, -0.05) is 35.9 Å². The van der Waals surface area contributed by atoms with Gasteiger partial charge in [-0.25, -0.2) is 13.6 Å². The van der Waals surface area contributed by atoms with Gasteiger partial charge in [-0.15, -0.1) is 0 Å². The van der Waals surface area contributed by atoms with Gasteiger partial charge < -0.3 is 9.64 Å². The molecule has 0 saturated carbocycles. The second kappa shape index (κ2) is 8.55. The van der Waals surface area contributed by atoms with Crippen LogP contribution in [0.3, 0.4) is 0 Å². The fourth-order valence-corrected chi connectivity index (χ4v) is 3.67. The van der Waals surface area contributed by atoms with Gasteiger partial charge >= 0.3 is 5.97 Å². The number of carbonyl (C=O) groups is 2. The lowest BCUT2D eigenvalue weighted by molar-refractivity contribution is -0.140. The van der Waals surface area contributed by atoms with Gasteiger partial charge in [0.25, 0.3) is 0 Å². The molecule has 1 unspecified atom stereocenters. The van der Waals surface area contributed by atoms with Crippen LogP contribution in [-0.4, -0.2) is 23.4 Å². The molecule has 6 heteroatoms. The number of nitrogens with zero attached hydrogens (tertiary/aromatic N) is 1. The molecular formula is C23H23F2NO3. The first-order valence-electron chi connectivity index (χ1n) is 9.50. The van der Waals surface area contributed by atoms with E-state index in [0.29, 0.717) is 16.8 Å². The smallest absolute Gasteiger partial charge is 0.336 e. The molecule has 2 aromatic carbocycles. The van der Waals surface area contributed by atoms with E-state index < -0.39 is 23.5 Å². The molecule has 0 N–H and O–H groups in total. The summed E-state index contributed by atoms with van der Waals surface area (Å²) in [5.41, 5.74) is 3.22. The summed E-state index contributed by atoms with van der Waals surface area (Å²) < 4.78 is 32.1. The molecule has 0 aliphatic carbocycles. The molecule has 1 atom stereocenters. The second-order valence-corrected chi connectivity index (χ2v) is 7.12. The summed E-state index contributed by atoms with van der Waals surface area (Å²) >= 11 is 0. The Bertz CT molecular complexity index is 984. The zero-order valence-electron chi connectivity index (χ0n) is 16.7. The van der Waals surface area contributed by atoms with E-state index in [9.17, 15) is 18.4 Å². The van der Waals surface area contributed by atoms with Crippen LogP contribution >= 0.6 is 0 Å². The van der Waals surface area contributed by atoms with E-state index in [-0.39, 0.29) is 25.5 Å². The fraction of sp³-hybridized carbons (Fsp3) is 0.304. The van der Waals surface area contributed by atoms with E-state index in [0.717, 1.165) is 23.3 Å². The van der Waals surface area contributed by atoms with Crippen LogP contribution in [0.2, 0.25) is 0 Å². The Morgan fingerprint density at radius 3 is 2.55 bits per heavy atom. The number of amides is 1. The van der Waals surface area contributed by atoms with Gasteiger partial charge in [0.1, 0.15) is 0 Å². The number of esters is 1. The van der Waals surface area contributed by atoms with Crippen molar-refractivity contribution < 1.29 is 23.1 Å². The third kappa shape index (κ3) is 4.36. The molecule has 0 fully saturated rings. The minimum atomic E-state index is -0.975. The first-order chi connectivity index (χ1) is 13.8. The van der Waals surface area contributed by atoms with Crippen LogP contribution in [0.1, 0.15) is 42.9 Å². The van der Waals surface area contributed by atoms with Gasteiger partial charge in [-0.05, 0) is 44.0 Å². The monoisotopic (exact) mass is 399 g/mol. The van der Waals surface area contributed by atoms with E-state index in [1.807, 2.05) is 31.2 Å². The van der Waals surface area contributed by atoms with Crippen LogP contribution in [0.4, 0.5) is 8.78 Å². The summed E-state index contributed by atoms with van der Waals surface area (Å²) in [6.07, 6.45) is 0.0959. The Morgan fingerprint density at radius 1 is 1.14 bits per heavy atom. The Morgan fingerprint density at radius 2 is 1.90 bits per heavy atom. The number of rotatable bonds is 5. The maximum atomic E-state index is 13.6. The van der Waals surface area contributed by atoms with E-state index in [2.05, 4.69) is 0 Å². The molecule has 1 amide bonds. The first kappa shape index (κ1) is 20.7. The minimum Gasteiger partial charge on any atom is -0.463 e. The highest BCUT2D eigenvalue weighted by Crippen LogP contribution is 2.38. The SMILES string of the molecule is CCOC(=O)C1=C(C)N(Cc2ccc(F)c(F)c2)C(=O)CC1c1cccc(C)c1. The van der Waals surface area contributed by atoms with Gasteiger partial charge in [0, 0.05) is 18.0 Å². The second-order valence-electron chi connectivity index (χ2n) is 7.12.